The first-order chi connectivity index (χ1) is 13.5. The third kappa shape index (κ3) is 3.33. The third-order valence-electron chi connectivity index (χ3n) is 7.48. The van der Waals surface area contributed by atoms with E-state index in [2.05, 4.69) is 6.58 Å². The second-order valence-corrected chi connectivity index (χ2v) is 9.71. The molecule has 5 fully saturated rings. The molecular weight excluding hydrogens is 376 g/mol. The van der Waals surface area contributed by atoms with Gasteiger partial charge in [-0.2, -0.15) is 4.89 Å². The smallest absolute Gasteiger partial charge is 0.207 e. The van der Waals surface area contributed by atoms with Gasteiger partial charge >= 0.3 is 0 Å². The van der Waals surface area contributed by atoms with Gasteiger partial charge in [-0.1, -0.05) is 30.3 Å². The quantitative estimate of drug-likeness (QED) is 0.540. The van der Waals surface area contributed by atoms with Gasteiger partial charge in [0.15, 0.2) is 0 Å². The molecule has 1 N–H and O–H groups in total. The maximum atomic E-state index is 10.4. The molecule has 4 saturated carbocycles. The highest BCUT2D eigenvalue weighted by Gasteiger charge is 2.61. The molecule has 5 aliphatic rings. The fourth-order valence-corrected chi connectivity index (χ4v) is 6.25. The van der Waals surface area contributed by atoms with Crippen molar-refractivity contribution in [1.29, 1.82) is 0 Å². The van der Waals surface area contributed by atoms with E-state index >= 15 is 0 Å². The van der Waals surface area contributed by atoms with Crippen LogP contribution >= 0.6 is 11.6 Å². The molecule has 1 aromatic rings. The molecule has 0 amide bonds. The van der Waals surface area contributed by atoms with Gasteiger partial charge < -0.3 is 9.84 Å². The van der Waals surface area contributed by atoms with E-state index in [1.54, 1.807) is 12.1 Å². The lowest BCUT2D eigenvalue weighted by molar-refractivity contribution is -0.520. The topological polar surface area (TPSA) is 47.9 Å². The second kappa shape index (κ2) is 7.41. The lowest BCUT2D eigenvalue weighted by Crippen LogP contribution is -2.63. The van der Waals surface area contributed by atoms with Gasteiger partial charge in [0.2, 0.25) is 5.79 Å². The molecule has 6 rings (SSSR count). The van der Waals surface area contributed by atoms with Crippen LogP contribution in [0.3, 0.4) is 0 Å². The average Bonchev–Trinajstić information content (AvgIpc) is 2.70. The van der Waals surface area contributed by atoms with Crippen LogP contribution < -0.4 is 0 Å². The zero-order valence-electron chi connectivity index (χ0n) is 16.2. The van der Waals surface area contributed by atoms with Gasteiger partial charge in [-0.3, -0.25) is 0 Å². The van der Waals surface area contributed by atoms with Crippen molar-refractivity contribution in [2.24, 2.45) is 23.7 Å². The SMILES string of the molecule is C=C(CCC(O)c1ccc(Cl)cc1)C1COC2(OO1)C1CC3CC(C1)CC2C3. The van der Waals surface area contributed by atoms with Gasteiger partial charge in [0.1, 0.15) is 6.10 Å². The second-order valence-electron chi connectivity index (χ2n) is 9.27. The van der Waals surface area contributed by atoms with Gasteiger partial charge in [-0.15, -0.1) is 0 Å². The minimum Gasteiger partial charge on any atom is -0.388 e. The first-order valence-corrected chi connectivity index (χ1v) is 11.0. The van der Waals surface area contributed by atoms with Gasteiger partial charge in [0.25, 0.3) is 0 Å². The summed E-state index contributed by atoms with van der Waals surface area (Å²) in [6.07, 6.45) is 6.70. The Kier molecular flexibility index (Phi) is 5.05. The highest BCUT2D eigenvalue weighted by molar-refractivity contribution is 6.30. The van der Waals surface area contributed by atoms with Crippen LogP contribution in [0, 0.1) is 23.7 Å². The van der Waals surface area contributed by atoms with Crippen LogP contribution in [0.25, 0.3) is 0 Å². The zero-order valence-corrected chi connectivity index (χ0v) is 16.9. The number of halogens is 1. The van der Waals surface area contributed by atoms with Crippen molar-refractivity contribution in [2.75, 3.05) is 6.61 Å². The van der Waals surface area contributed by atoms with Gasteiger partial charge in [-0.25, -0.2) is 4.89 Å². The summed E-state index contributed by atoms with van der Waals surface area (Å²) in [4.78, 5) is 11.9. The summed E-state index contributed by atoms with van der Waals surface area (Å²) in [6, 6.07) is 7.31. The summed E-state index contributed by atoms with van der Waals surface area (Å²) in [5.41, 5.74) is 1.77. The van der Waals surface area contributed by atoms with E-state index < -0.39 is 11.9 Å². The summed E-state index contributed by atoms with van der Waals surface area (Å²) < 4.78 is 6.40. The van der Waals surface area contributed by atoms with E-state index in [0.29, 0.717) is 36.3 Å². The predicted molar refractivity (Wildman–Crippen MR) is 106 cm³/mol. The molecule has 1 aromatic carbocycles. The molecule has 0 aromatic heterocycles. The highest BCUT2D eigenvalue weighted by Crippen LogP contribution is 2.60. The molecule has 2 atom stereocenters. The summed E-state index contributed by atoms with van der Waals surface area (Å²) in [5, 5.41) is 11.1. The molecule has 2 unspecified atom stereocenters. The van der Waals surface area contributed by atoms with Crippen molar-refractivity contribution in [3.63, 3.8) is 0 Å². The van der Waals surface area contributed by atoms with Crippen molar-refractivity contribution >= 4 is 11.6 Å². The van der Waals surface area contributed by atoms with E-state index in [-0.39, 0.29) is 6.10 Å². The molecule has 0 radical (unpaired) electrons. The van der Waals surface area contributed by atoms with Crippen LogP contribution in [0.4, 0.5) is 0 Å². The molecule has 4 bridgehead atoms. The summed E-state index contributed by atoms with van der Waals surface area (Å²) in [6.45, 7) is 4.66. The van der Waals surface area contributed by atoms with Crippen molar-refractivity contribution in [2.45, 2.75) is 62.9 Å². The van der Waals surface area contributed by atoms with Crippen molar-refractivity contribution in [3.05, 3.63) is 47.0 Å². The number of aliphatic hydroxyl groups is 1. The Labute approximate surface area is 171 Å². The fourth-order valence-electron chi connectivity index (χ4n) is 6.12. The largest absolute Gasteiger partial charge is 0.388 e. The standard InChI is InChI=1S/C23H29ClO4/c1-14(2-7-21(25)17-3-5-20(24)6-4-17)22-13-26-23(28-27-22)18-9-15-8-16(11-18)12-19(23)10-15/h3-6,15-16,18-19,21-22,25H,1-2,7-13H2. The van der Waals surface area contributed by atoms with Gasteiger partial charge in [0, 0.05) is 16.9 Å². The van der Waals surface area contributed by atoms with Crippen molar-refractivity contribution in [1.82, 2.24) is 0 Å². The van der Waals surface area contributed by atoms with Crippen LogP contribution in [0.1, 0.15) is 56.6 Å². The van der Waals surface area contributed by atoms with Crippen LogP contribution in [0.5, 0.6) is 0 Å². The number of hydrogen-bond donors (Lipinski definition) is 1. The molecule has 152 valence electrons. The molecule has 1 heterocycles. The molecule has 1 spiro atoms. The summed E-state index contributed by atoms with van der Waals surface area (Å²) in [5.74, 6) is 2.16. The van der Waals surface area contributed by atoms with Gasteiger partial charge in [0.05, 0.1) is 12.7 Å². The zero-order chi connectivity index (χ0) is 19.3. The highest BCUT2D eigenvalue weighted by atomic mass is 35.5. The Hall–Kier alpha value is -0.910. The predicted octanol–water partition coefficient (Wildman–Crippen LogP) is 5.21. The molecule has 4 aliphatic carbocycles. The first-order valence-electron chi connectivity index (χ1n) is 10.6. The Morgan fingerprint density at radius 1 is 1.11 bits per heavy atom. The first kappa shape index (κ1) is 19.1. The van der Waals surface area contributed by atoms with Crippen LogP contribution in [-0.2, 0) is 14.5 Å². The van der Waals surface area contributed by atoms with E-state index in [1.165, 1.54) is 32.1 Å². The number of benzene rings is 1. The lowest BCUT2D eigenvalue weighted by Gasteiger charge is -2.60. The average molecular weight is 405 g/mol. The minimum absolute atomic E-state index is 0.264. The number of aliphatic hydroxyl groups excluding tert-OH is 1. The number of hydrogen-bond acceptors (Lipinski definition) is 4. The Balaban J connectivity index is 1.15. The van der Waals surface area contributed by atoms with Crippen LogP contribution in [-0.4, -0.2) is 23.6 Å². The molecule has 1 saturated heterocycles. The number of rotatable bonds is 5. The molecular formula is C23H29ClO4. The fraction of sp³-hybridized carbons (Fsp3) is 0.652. The van der Waals surface area contributed by atoms with Crippen molar-refractivity contribution in [3.8, 4) is 0 Å². The molecule has 5 heteroatoms. The van der Waals surface area contributed by atoms with E-state index in [1.807, 2.05) is 12.1 Å². The van der Waals surface area contributed by atoms with E-state index in [4.69, 9.17) is 26.1 Å². The van der Waals surface area contributed by atoms with Crippen LogP contribution in [0.2, 0.25) is 5.02 Å². The maximum absolute atomic E-state index is 10.4. The maximum Gasteiger partial charge on any atom is 0.207 e. The van der Waals surface area contributed by atoms with E-state index in [0.717, 1.165) is 23.0 Å². The lowest BCUT2D eigenvalue weighted by atomic mass is 9.53. The molecule has 28 heavy (non-hydrogen) atoms. The molecule has 1 aliphatic heterocycles. The van der Waals surface area contributed by atoms with Crippen LogP contribution in [0.15, 0.2) is 36.4 Å². The van der Waals surface area contributed by atoms with E-state index in [9.17, 15) is 5.11 Å². The number of ether oxygens (including phenoxy) is 1. The minimum atomic E-state index is -0.546. The van der Waals surface area contributed by atoms with Crippen molar-refractivity contribution < 1.29 is 19.6 Å². The monoisotopic (exact) mass is 404 g/mol. The Bertz CT molecular complexity index is 693. The summed E-state index contributed by atoms with van der Waals surface area (Å²) in [7, 11) is 0. The Morgan fingerprint density at radius 3 is 2.32 bits per heavy atom. The van der Waals surface area contributed by atoms with Gasteiger partial charge in [-0.05, 0) is 80.1 Å². The molecule has 4 nitrogen and oxygen atoms in total. The third-order valence-corrected chi connectivity index (χ3v) is 7.73. The normalized spacial score (nSPS) is 40.0. The Morgan fingerprint density at radius 2 is 1.75 bits per heavy atom. The summed E-state index contributed by atoms with van der Waals surface area (Å²) >= 11 is 5.91.